The summed E-state index contributed by atoms with van der Waals surface area (Å²) in [5.41, 5.74) is 4.91. The number of nitrogens with two attached hydrogens (primary N) is 1. The van der Waals surface area contributed by atoms with Gasteiger partial charge in [-0.2, -0.15) is 0 Å². The third-order valence-corrected chi connectivity index (χ3v) is 4.82. The molecule has 0 amide bonds. The monoisotopic (exact) mass is 301 g/mol. The van der Waals surface area contributed by atoms with Gasteiger partial charge in [-0.15, -0.1) is 0 Å². The summed E-state index contributed by atoms with van der Waals surface area (Å²) in [6.07, 6.45) is 1.20. The summed E-state index contributed by atoms with van der Waals surface area (Å²) in [6.45, 7) is 3.76. The molecule has 7 nitrogen and oxygen atoms in total. The van der Waals surface area contributed by atoms with Crippen LogP contribution in [-0.2, 0) is 10.0 Å². The molecule has 0 saturated carbocycles. The average molecular weight is 301 g/mol. The van der Waals surface area contributed by atoms with E-state index in [4.69, 9.17) is 5.73 Å². The van der Waals surface area contributed by atoms with Crippen molar-refractivity contribution in [1.82, 2.24) is 4.72 Å². The maximum Gasteiger partial charge on any atom is 0.289 e. The molecule has 1 aromatic carbocycles. The minimum Gasteiger partial charge on any atom is -0.324 e. The lowest BCUT2D eigenvalue weighted by molar-refractivity contribution is -0.387. The summed E-state index contributed by atoms with van der Waals surface area (Å²) in [7, 11) is -3.96. The van der Waals surface area contributed by atoms with Crippen LogP contribution < -0.4 is 10.5 Å². The quantitative estimate of drug-likeness (QED) is 0.583. The normalized spacial score (nSPS) is 12.3. The van der Waals surface area contributed by atoms with E-state index in [-0.39, 0.29) is 11.4 Å². The van der Waals surface area contributed by atoms with Gasteiger partial charge in [0.2, 0.25) is 10.0 Å². The van der Waals surface area contributed by atoms with Gasteiger partial charge >= 0.3 is 0 Å². The number of para-hydroxylation sites is 1. The van der Waals surface area contributed by atoms with Crippen molar-refractivity contribution in [3.63, 3.8) is 0 Å². The smallest absolute Gasteiger partial charge is 0.289 e. The van der Waals surface area contributed by atoms with Gasteiger partial charge < -0.3 is 5.73 Å². The van der Waals surface area contributed by atoms with Crippen molar-refractivity contribution < 1.29 is 13.3 Å². The van der Waals surface area contributed by atoms with Gasteiger partial charge in [0, 0.05) is 18.2 Å². The van der Waals surface area contributed by atoms with Crippen molar-refractivity contribution in [2.45, 2.75) is 37.1 Å². The molecule has 0 aromatic heterocycles. The highest BCUT2D eigenvalue weighted by Gasteiger charge is 2.28. The number of hydrogen-bond acceptors (Lipinski definition) is 5. The molecule has 112 valence electrons. The molecule has 0 bridgehead atoms. The molecular weight excluding hydrogens is 282 g/mol. The van der Waals surface area contributed by atoms with Crippen LogP contribution in [0.4, 0.5) is 5.69 Å². The van der Waals surface area contributed by atoms with Crippen molar-refractivity contribution >= 4 is 15.7 Å². The van der Waals surface area contributed by atoms with Gasteiger partial charge in [-0.05, 0) is 18.9 Å². The van der Waals surface area contributed by atoms with E-state index < -0.39 is 26.2 Å². The first-order valence-corrected chi connectivity index (χ1v) is 7.76. The minimum atomic E-state index is -3.96. The lowest BCUT2D eigenvalue weighted by Crippen LogP contribution is -2.49. The Morgan fingerprint density at radius 3 is 2.35 bits per heavy atom. The molecule has 0 aliphatic rings. The molecule has 0 atom stereocenters. The summed E-state index contributed by atoms with van der Waals surface area (Å²) in [4.78, 5) is 9.80. The minimum absolute atomic E-state index is 0.0361. The van der Waals surface area contributed by atoms with Crippen LogP contribution in [0.25, 0.3) is 0 Å². The zero-order valence-corrected chi connectivity index (χ0v) is 12.3. The molecule has 1 aromatic rings. The maximum absolute atomic E-state index is 12.2. The molecule has 0 unspecified atom stereocenters. The number of hydrogen-bond donors (Lipinski definition) is 2. The fourth-order valence-electron chi connectivity index (χ4n) is 1.65. The van der Waals surface area contributed by atoms with Gasteiger partial charge in [0.25, 0.3) is 5.69 Å². The summed E-state index contributed by atoms with van der Waals surface area (Å²) >= 11 is 0. The Kier molecular flexibility index (Phi) is 5.21. The third kappa shape index (κ3) is 3.75. The number of nitrogens with one attached hydrogen (secondary N) is 1. The van der Waals surface area contributed by atoms with E-state index in [1.54, 1.807) is 0 Å². The Morgan fingerprint density at radius 2 is 1.85 bits per heavy atom. The second-order valence-corrected chi connectivity index (χ2v) is 6.35. The number of sulfonamides is 1. The third-order valence-electron chi connectivity index (χ3n) is 3.37. The predicted octanol–water partition coefficient (Wildman–Crippen LogP) is 1.39. The predicted molar refractivity (Wildman–Crippen MR) is 75.8 cm³/mol. The zero-order valence-electron chi connectivity index (χ0n) is 11.5. The van der Waals surface area contributed by atoms with E-state index in [2.05, 4.69) is 4.72 Å². The Labute approximate surface area is 118 Å². The van der Waals surface area contributed by atoms with Crippen LogP contribution in [0.3, 0.4) is 0 Å². The average Bonchev–Trinajstić information content (AvgIpc) is 2.45. The van der Waals surface area contributed by atoms with Crippen molar-refractivity contribution in [3.05, 3.63) is 34.4 Å². The van der Waals surface area contributed by atoms with Gasteiger partial charge in [-0.3, -0.25) is 10.1 Å². The van der Waals surface area contributed by atoms with E-state index in [1.165, 1.54) is 18.2 Å². The molecular formula is C12H19N3O4S. The van der Waals surface area contributed by atoms with Crippen molar-refractivity contribution in [1.29, 1.82) is 0 Å². The van der Waals surface area contributed by atoms with Crippen LogP contribution in [0.15, 0.2) is 29.2 Å². The van der Waals surface area contributed by atoms with E-state index in [0.29, 0.717) is 12.8 Å². The van der Waals surface area contributed by atoms with Crippen LogP contribution >= 0.6 is 0 Å². The maximum atomic E-state index is 12.2. The summed E-state index contributed by atoms with van der Waals surface area (Å²) in [5.74, 6) is 0. The Balaban J connectivity index is 3.04. The first-order valence-electron chi connectivity index (χ1n) is 6.27. The fraction of sp³-hybridized carbons (Fsp3) is 0.500. The highest BCUT2D eigenvalue weighted by Crippen LogP contribution is 2.23. The molecule has 3 N–H and O–H groups in total. The Morgan fingerprint density at radius 1 is 1.30 bits per heavy atom. The van der Waals surface area contributed by atoms with E-state index in [9.17, 15) is 18.5 Å². The largest absolute Gasteiger partial charge is 0.324 e. The number of rotatable bonds is 7. The highest BCUT2D eigenvalue weighted by molar-refractivity contribution is 7.89. The number of nitrogens with zero attached hydrogens (tertiary/aromatic N) is 1. The number of nitro benzene ring substituents is 1. The van der Waals surface area contributed by atoms with Gasteiger partial charge in [-0.1, -0.05) is 26.0 Å². The van der Waals surface area contributed by atoms with Crippen molar-refractivity contribution in [3.8, 4) is 0 Å². The summed E-state index contributed by atoms with van der Waals surface area (Å²) < 4.78 is 26.7. The molecule has 0 spiro atoms. The first-order chi connectivity index (χ1) is 9.25. The molecule has 8 heteroatoms. The van der Waals surface area contributed by atoms with Crippen LogP contribution in [-0.4, -0.2) is 25.4 Å². The lowest BCUT2D eigenvalue weighted by atomic mass is 9.95. The Hall–Kier alpha value is -1.51. The van der Waals surface area contributed by atoms with Gasteiger partial charge in [0.1, 0.15) is 0 Å². The number of nitro groups is 1. The van der Waals surface area contributed by atoms with E-state index >= 15 is 0 Å². The highest BCUT2D eigenvalue weighted by atomic mass is 32.2. The second kappa shape index (κ2) is 6.29. The van der Waals surface area contributed by atoms with Crippen LogP contribution in [0.5, 0.6) is 0 Å². The van der Waals surface area contributed by atoms with Gasteiger partial charge in [0.15, 0.2) is 4.90 Å². The van der Waals surface area contributed by atoms with Crippen LogP contribution in [0.2, 0.25) is 0 Å². The molecule has 20 heavy (non-hydrogen) atoms. The molecule has 0 aliphatic heterocycles. The SMILES string of the molecule is CCC(N)(CC)CNS(=O)(=O)c1ccccc1[N+](=O)[O-]. The molecule has 0 heterocycles. The molecule has 0 fully saturated rings. The van der Waals surface area contributed by atoms with Crippen molar-refractivity contribution in [2.24, 2.45) is 5.73 Å². The lowest BCUT2D eigenvalue weighted by Gasteiger charge is -2.26. The summed E-state index contributed by atoms with van der Waals surface area (Å²) in [6, 6.07) is 5.22. The van der Waals surface area contributed by atoms with Crippen LogP contribution in [0, 0.1) is 10.1 Å². The van der Waals surface area contributed by atoms with Gasteiger partial charge in [0.05, 0.1) is 4.92 Å². The van der Waals surface area contributed by atoms with Crippen molar-refractivity contribution in [2.75, 3.05) is 6.54 Å². The molecule has 0 saturated heterocycles. The Bertz CT molecular complexity index is 582. The van der Waals surface area contributed by atoms with E-state index in [0.717, 1.165) is 6.07 Å². The zero-order chi connectivity index (χ0) is 15.4. The van der Waals surface area contributed by atoms with Crippen LogP contribution in [0.1, 0.15) is 26.7 Å². The standard InChI is InChI=1S/C12H19N3O4S/c1-3-12(13,4-2)9-14-20(18,19)11-8-6-5-7-10(11)15(16)17/h5-8,14H,3-4,9,13H2,1-2H3. The summed E-state index contributed by atoms with van der Waals surface area (Å²) in [5, 5.41) is 10.9. The molecule has 0 aliphatic carbocycles. The first kappa shape index (κ1) is 16.5. The molecule has 0 radical (unpaired) electrons. The fourth-order valence-corrected chi connectivity index (χ4v) is 2.96. The number of benzene rings is 1. The second-order valence-electron chi connectivity index (χ2n) is 4.62. The topological polar surface area (TPSA) is 115 Å². The van der Waals surface area contributed by atoms with Gasteiger partial charge in [-0.25, -0.2) is 13.1 Å². The van der Waals surface area contributed by atoms with E-state index in [1.807, 2.05) is 13.8 Å². The molecule has 1 rings (SSSR count).